The molecule has 4 rings (SSSR count). The summed E-state index contributed by atoms with van der Waals surface area (Å²) < 4.78 is 2.29. The number of ketones is 1. The van der Waals surface area contributed by atoms with Crippen LogP contribution in [0.3, 0.4) is 0 Å². The van der Waals surface area contributed by atoms with Crippen LogP contribution in [0.1, 0.15) is 46.5 Å². The molecule has 0 aliphatic heterocycles. The normalized spacial score (nSPS) is 14.2. The largest absolute Gasteiger partial charge is 0.345 e. The van der Waals surface area contributed by atoms with Crippen molar-refractivity contribution < 1.29 is 4.79 Å². The molecule has 6 heteroatoms. The molecule has 2 heterocycles. The zero-order valence-corrected chi connectivity index (χ0v) is 16.0. The van der Waals surface area contributed by atoms with Crippen LogP contribution in [0, 0.1) is 13.8 Å². The Labute approximate surface area is 157 Å². The highest BCUT2D eigenvalue weighted by Crippen LogP contribution is 2.38. The number of fused-ring (bicyclic) bond motifs is 1. The summed E-state index contributed by atoms with van der Waals surface area (Å²) in [7, 11) is 1.87. The number of carbonyl (C=O) groups excluding carboxylic acids is 1. The van der Waals surface area contributed by atoms with Crippen LogP contribution in [0.2, 0.25) is 0 Å². The molecule has 140 valence electrons. The summed E-state index contributed by atoms with van der Waals surface area (Å²) in [5, 5.41) is 0.576. The standard InChI is InChI=1S/C21H24N4O2/c1-13-10-17(14(2)25(13)15-8-9-15)19(26)11-24(3)12-20-22-18-7-5-4-6-16(18)21(27)23-20/h4-7,10,15H,8-9,11-12H2,1-3H3,(H,22,23,27). The summed E-state index contributed by atoms with van der Waals surface area (Å²) in [4.78, 5) is 34.2. The van der Waals surface area contributed by atoms with Crippen LogP contribution in [-0.2, 0) is 6.54 Å². The van der Waals surface area contributed by atoms with E-state index in [9.17, 15) is 9.59 Å². The highest BCUT2D eigenvalue weighted by Gasteiger charge is 2.28. The minimum Gasteiger partial charge on any atom is -0.345 e. The van der Waals surface area contributed by atoms with Gasteiger partial charge in [0.05, 0.1) is 24.0 Å². The number of likely N-dealkylation sites (N-methyl/N-ethyl adjacent to an activating group) is 1. The zero-order chi connectivity index (χ0) is 19.1. The molecule has 0 unspecified atom stereocenters. The molecule has 1 aliphatic carbocycles. The molecule has 0 radical (unpaired) electrons. The summed E-state index contributed by atoms with van der Waals surface area (Å²) in [6.07, 6.45) is 2.40. The van der Waals surface area contributed by atoms with Crippen molar-refractivity contribution in [2.45, 2.75) is 39.3 Å². The lowest BCUT2D eigenvalue weighted by Gasteiger charge is -2.15. The van der Waals surface area contributed by atoms with Gasteiger partial charge in [-0.3, -0.25) is 14.5 Å². The van der Waals surface area contributed by atoms with Gasteiger partial charge in [0.2, 0.25) is 0 Å². The molecule has 27 heavy (non-hydrogen) atoms. The number of Topliss-reactive ketones (excluding diaryl/α,β-unsaturated/α-hetero) is 1. The van der Waals surface area contributed by atoms with Gasteiger partial charge in [0.25, 0.3) is 5.56 Å². The molecule has 1 fully saturated rings. The predicted molar refractivity (Wildman–Crippen MR) is 105 cm³/mol. The maximum atomic E-state index is 12.8. The highest BCUT2D eigenvalue weighted by molar-refractivity contribution is 5.99. The van der Waals surface area contributed by atoms with Gasteiger partial charge in [-0.1, -0.05) is 12.1 Å². The van der Waals surface area contributed by atoms with E-state index in [2.05, 4.69) is 21.5 Å². The Hall–Kier alpha value is -2.73. The second-order valence-corrected chi connectivity index (χ2v) is 7.51. The molecule has 0 atom stereocenters. The maximum absolute atomic E-state index is 12.8. The fourth-order valence-electron chi connectivity index (χ4n) is 3.81. The minimum atomic E-state index is -0.150. The zero-order valence-electron chi connectivity index (χ0n) is 16.0. The molecule has 6 nitrogen and oxygen atoms in total. The van der Waals surface area contributed by atoms with E-state index in [1.54, 1.807) is 6.07 Å². The number of hydrogen-bond donors (Lipinski definition) is 1. The molecule has 0 bridgehead atoms. The number of carbonyl (C=O) groups is 1. The van der Waals surface area contributed by atoms with Crippen molar-refractivity contribution in [3.8, 4) is 0 Å². The first-order chi connectivity index (χ1) is 12.9. The number of para-hydroxylation sites is 1. The minimum absolute atomic E-state index is 0.0978. The summed E-state index contributed by atoms with van der Waals surface area (Å²) in [5.74, 6) is 0.665. The van der Waals surface area contributed by atoms with Crippen molar-refractivity contribution in [1.29, 1.82) is 0 Å². The SMILES string of the molecule is Cc1cc(C(=O)CN(C)Cc2nc3ccccc3c(=O)[nH]2)c(C)n1C1CC1. The Bertz CT molecular complexity index is 1080. The number of nitrogens with one attached hydrogen (secondary N) is 1. The average molecular weight is 364 g/mol. The first-order valence-electron chi connectivity index (χ1n) is 9.32. The van der Waals surface area contributed by atoms with Crippen LogP contribution >= 0.6 is 0 Å². The summed E-state index contributed by atoms with van der Waals surface area (Å²) >= 11 is 0. The van der Waals surface area contributed by atoms with Crippen LogP contribution in [0.15, 0.2) is 35.1 Å². The number of H-pyrrole nitrogens is 1. The molecule has 0 saturated heterocycles. The van der Waals surface area contributed by atoms with E-state index >= 15 is 0 Å². The first-order valence-corrected chi connectivity index (χ1v) is 9.32. The van der Waals surface area contributed by atoms with Crippen LogP contribution in [0.5, 0.6) is 0 Å². The number of aryl methyl sites for hydroxylation is 1. The lowest BCUT2D eigenvalue weighted by atomic mass is 10.1. The summed E-state index contributed by atoms with van der Waals surface area (Å²) in [5.41, 5.74) is 3.53. The molecular weight excluding hydrogens is 340 g/mol. The van der Waals surface area contributed by atoms with Gasteiger partial charge in [-0.25, -0.2) is 4.98 Å². The van der Waals surface area contributed by atoms with E-state index in [0.717, 1.165) is 17.0 Å². The monoisotopic (exact) mass is 364 g/mol. The van der Waals surface area contributed by atoms with Gasteiger partial charge in [0, 0.05) is 23.0 Å². The molecule has 1 aliphatic rings. The van der Waals surface area contributed by atoms with Crippen molar-refractivity contribution >= 4 is 16.7 Å². The molecule has 3 aromatic rings. The first kappa shape index (κ1) is 17.7. The quantitative estimate of drug-likeness (QED) is 0.683. The second kappa shape index (κ2) is 6.78. The topological polar surface area (TPSA) is 71.0 Å². The summed E-state index contributed by atoms with van der Waals surface area (Å²) in [6.45, 7) is 4.79. The average Bonchev–Trinajstić information content (AvgIpc) is 3.39. The van der Waals surface area contributed by atoms with Crippen molar-refractivity contribution in [1.82, 2.24) is 19.4 Å². The fourth-order valence-corrected chi connectivity index (χ4v) is 3.81. The molecule has 0 amide bonds. The Morgan fingerprint density at radius 2 is 2.04 bits per heavy atom. The van der Waals surface area contributed by atoms with Crippen molar-refractivity contribution in [3.05, 3.63) is 63.5 Å². The van der Waals surface area contributed by atoms with Crippen molar-refractivity contribution in [3.63, 3.8) is 0 Å². The number of rotatable bonds is 6. The maximum Gasteiger partial charge on any atom is 0.258 e. The predicted octanol–water partition coefficient (Wildman–Crippen LogP) is 2.99. The third kappa shape index (κ3) is 3.45. The van der Waals surface area contributed by atoms with E-state index in [-0.39, 0.29) is 17.9 Å². The Balaban J connectivity index is 1.50. The molecule has 1 saturated carbocycles. The lowest BCUT2D eigenvalue weighted by molar-refractivity contribution is 0.0941. The van der Waals surface area contributed by atoms with E-state index in [1.807, 2.05) is 43.1 Å². The Morgan fingerprint density at radius 3 is 2.78 bits per heavy atom. The van der Waals surface area contributed by atoms with Crippen LogP contribution in [-0.4, -0.2) is 38.8 Å². The third-order valence-corrected chi connectivity index (χ3v) is 5.19. The third-order valence-electron chi connectivity index (χ3n) is 5.19. The number of benzene rings is 1. The van der Waals surface area contributed by atoms with Crippen molar-refractivity contribution in [2.24, 2.45) is 0 Å². The second-order valence-electron chi connectivity index (χ2n) is 7.51. The van der Waals surface area contributed by atoms with Gasteiger partial charge in [-0.2, -0.15) is 0 Å². The molecule has 1 N–H and O–H groups in total. The fraction of sp³-hybridized carbons (Fsp3) is 0.381. The van der Waals surface area contributed by atoms with Gasteiger partial charge in [-0.05, 0) is 51.9 Å². The van der Waals surface area contributed by atoms with Gasteiger partial charge in [0.15, 0.2) is 5.78 Å². The molecule has 1 aromatic carbocycles. The van der Waals surface area contributed by atoms with Gasteiger partial charge in [0.1, 0.15) is 5.82 Å². The van der Waals surface area contributed by atoms with E-state index in [0.29, 0.717) is 29.3 Å². The smallest absolute Gasteiger partial charge is 0.258 e. The lowest BCUT2D eigenvalue weighted by Crippen LogP contribution is -2.28. The number of aromatic nitrogens is 3. The van der Waals surface area contributed by atoms with E-state index < -0.39 is 0 Å². The number of nitrogens with zero attached hydrogens (tertiary/aromatic N) is 3. The van der Waals surface area contributed by atoms with Gasteiger partial charge in [-0.15, -0.1) is 0 Å². The summed E-state index contributed by atoms with van der Waals surface area (Å²) in [6, 6.07) is 9.83. The van der Waals surface area contributed by atoms with E-state index in [4.69, 9.17) is 0 Å². The molecular formula is C21H24N4O2. The van der Waals surface area contributed by atoms with E-state index in [1.165, 1.54) is 12.8 Å². The highest BCUT2D eigenvalue weighted by atomic mass is 16.1. The Kier molecular flexibility index (Phi) is 4.44. The number of hydrogen-bond acceptors (Lipinski definition) is 4. The molecule has 2 aromatic heterocycles. The Morgan fingerprint density at radius 1 is 1.30 bits per heavy atom. The molecule has 0 spiro atoms. The van der Waals surface area contributed by atoms with Gasteiger partial charge >= 0.3 is 0 Å². The van der Waals surface area contributed by atoms with Gasteiger partial charge < -0.3 is 9.55 Å². The van der Waals surface area contributed by atoms with Crippen molar-refractivity contribution in [2.75, 3.05) is 13.6 Å². The van der Waals surface area contributed by atoms with Crippen LogP contribution < -0.4 is 5.56 Å². The number of aromatic amines is 1. The van der Waals surface area contributed by atoms with Crippen LogP contribution in [0.25, 0.3) is 10.9 Å². The van der Waals surface area contributed by atoms with Crippen LogP contribution in [0.4, 0.5) is 0 Å².